The molecule has 1 aliphatic rings. The van der Waals surface area contributed by atoms with E-state index >= 15 is 0 Å². The van der Waals surface area contributed by atoms with Crippen molar-refractivity contribution in [1.82, 2.24) is 9.97 Å². The number of nitrogens with one attached hydrogen (secondary N) is 1. The Morgan fingerprint density at radius 1 is 1.24 bits per heavy atom. The lowest BCUT2D eigenvalue weighted by Crippen LogP contribution is -2.14. The summed E-state index contributed by atoms with van der Waals surface area (Å²) >= 11 is 0. The molecule has 0 aliphatic carbocycles. The van der Waals surface area contributed by atoms with Crippen LogP contribution in [0.1, 0.15) is 17.2 Å². The smallest absolute Gasteiger partial charge is 0.147 e. The van der Waals surface area contributed by atoms with E-state index in [-0.39, 0.29) is 11.9 Å². The molecule has 1 aliphatic heterocycles. The summed E-state index contributed by atoms with van der Waals surface area (Å²) in [6.07, 6.45) is 8.39. The van der Waals surface area contributed by atoms with E-state index in [1.54, 1.807) is 18.5 Å². The van der Waals surface area contributed by atoms with Gasteiger partial charge in [0.25, 0.3) is 0 Å². The molecular weight excluding hydrogens is 217 g/mol. The fourth-order valence-corrected chi connectivity index (χ4v) is 1.89. The number of rotatable bonds is 1. The molecule has 1 atom stereocenters. The van der Waals surface area contributed by atoms with Crippen molar-refractivity contribution in [1.29, 1.82) is 0 Å². The summed E-state index contributed by atoms with van der Waals surface area (Å²) in [5.74, 6) is 0.463. The van der Waals surface area contributed by atoms with Gasteiger partial charge in [-0.3, -0.25) is 4.98 Å². The van der Waals surface area contributed by atoms with Gasteiger partial charge in [0.15, 0.2) is 0 Å². The monoisotopic (exact) mass is 227 g/mol. The third-order valence-electron chi connectivity index (χ3n) is 2.74. The molecule has 3 nitrogen and oxygen atoms in total. The Morgan fingerprint density at radius 2 is 2.18 bits per heavy atom. The number of hydrogen-bond donors (Lipinski definition) is 1. The predicted molar refractivity (Wildman–Crippen MR) is 63.8 cm³/mol. The summed E-state index contributed by atoms with van der Waals surface area (Å²) in [6, 6.07) is 5.31. The standard InChI is InChI=1S/C13H10FN3/c14-11-8-15-7-5-10(11)12-4-3-9-2-1-6-16-13(9)17-12/h1-8,12H,(H,16,17). The molecule has 0 saturated heterocycles. The molecule has 0 fully saturated rings. The van der Waals surface area contributed by atoms with Gasteiger partial charge < -0.3 is 5.32 Å². The molecule has 3 rings (SSSR count). The molecule has 2 aromatic heterocycles. The second-order valence-corrected chi connectivity index (χ2v) is 3.82. The maximum Gasteiger partial charge on any atom is 0.147 e. The van der Waals surface area contributed by atoms with Gasteiger partial charge >= 0.3 is 0 Å². The van der Waals surface area contributed by atoms with Crippen LogP contribution in [0.2, 0.25) is 0 Å². The Labute approximate surface area is 98.0 Å². The van der Waals surface area contributed by atoms with Crippen molar-refractivity contribution < 1.29 is 4.39 Å². The largest absolute Gasteiger partial charge is 0.359 e. The number of pyridine rings is 2. The first-order valence-corrected chi connectivity index (χ1v) is 5.34. The van der Waals surface area contributed by atoms with E-state index in [2.05, 4.69) is 15.3 Å². The normalized spacial score (nSPS) is 17.4. The first kappa shape index (κ1) is 9.96. The van der Waals surface area contributed by atoms with Crippen molar-refractivity contribution in [3.8, 4) is 0 Å². The average molecular weight is 227 g/mol. The summed E-state index contributed by atoms with van der Waals surface area (Å²) in [5.41, 5.74) is 1.59. The number of aromatic nitrogens is 2. The van der Waals surface area contributed by atoms with Gasteiger partial charge in [-0.1, -0.05) is 12.2 Å². The third-order valence-corrected chi connectivity index (χ3v) is 2.74. The minimum Gasteiger partial charge on any atom is -0.359 e. The zero-order chi connectivity index (χ0) is 11.7. The van der Waals surface area contributed by atoms with Crippen LogP contribution in [0.25, 0.3) is 6.08 Å². The third kappa shape index (κ3) is 1.78. The molecule has 0 saturated carbocycles. The minimum absolute atomic E-state index is 0.194. The molecule has 3 heterocycles. The van der Waals surface area contributed by atoms with Crippen molar-refractivity contribution in [3.05, 3.63) is 59.8 Å². The van der Waals surface area contributed by atoms with Gasteiger partial charge in [0.05, 0.1) is 12.2 Å². The molecular formula is C13H10FN3. The highest BCUT2D eigenvalue weighted by molar-refractivity contribution is 5.68. The molecule has 2 aromatic rings. The highest BCUT2D eigenvalue weighted by atomic mass is 19.1. The van der Waals surface area contributed by atoms with Crippen molar-refractivity contribution in [3.63, 3.8) is 0 Å². The summed E-state index contributed by atoms with van der Waals surface area (Å²) in [6.45, 7) is 0. The molecule has 17 heavy (non-hydrogen) atoms. The molecule has 0 bridgehead atoms. The van der Waals surface area contributed by atoms with E-state index in [0.717, 1.165) is 11.4 Å². The van der Waals surface area contributed by atoms with Crippen molar-refractivity contribution >= 4 is 11.9 Å². The van der Waals surface area contributed by atoms with Crippen LogP contribution in [0, 0.1) is 5.82 Å². The van der Waals surface area contributed by atoms with Gasteiger partial charge in [-0.25, -0.2) is 9.37 Å². The Balaban J connectivity index is 1.98. The van der Waals surface area contributed by atoms with Crippen molar-refractivity contribution in [2.75, 3.05) is 5.32 Å². The summed E-state index contributed by atoms with van der Waals surface area (Å²) < 4.78 is 13.6. The zero-order valence-electron chi connectivity index (χ0n) is 8.97. The molecule has 0 amide bonds. The van der Waals surface area contributed by atoms with Gasteiger partial charge in [0.2, 0.25) is 0 Å². The highest BCUT2D eigenvalue weighted by Gasteiger charge is 2.17. The SMILES string of the molecule is Fc1cnccc1C1C=Cc2cccnc2N1. The Bertz CT molecular complexity index is 580. The van der Waals surface area contributed by atoms with E-state index < -0.39 is 0 Å². The average Bonchev–Trinajstić information content (AvgIpc) is 2.39. The Morgan fingerprint density at radius 3 is 3.06 bits per heavy atom. The maximum absolute atomic E-state index is 13.6. The number of hydrogen-bond acceptors (Lipinski definition) is 3. The van der Waals surface area contributed by atoms with E-state index in [0.29, 0.717) is 5.56 Å². The minimum atomic E-state index is -0.311. The van der Waals surface area contributed by atoms with E-state index in [9.17, 15) is 4.39 Å². The molecule has 4 heteroatoms. The van der Waals surface area contributed by atoms with Crippen LogP contribution in [0.15, 0.2) is 42.9 Å². The van der Waals surface area contributed by atoms with Crippen LogP contribution >= 0.6 is 0 Å². The van der Waals surface area contributed by atoms with Gasteiger partial charge in [-0.15, -0.1) is 0 Å². The zero-order valence-corrected chi connectivity index (χ0v) is 8.97. The van der Waals surface area contributed by atoms with Crippen LogP contribution in [-0.4, -0.2) is 9.97 Å². The lowest BCUT2D eigenvalue weighted by Gasteiger charge is -2.21. The van der Waals surface area contributed by atoms with Crippen LogP contribution in [-0.2, 0) is 0 Å². The Hall–Kier alpha value is -2.23. The van der Waals surface area contributed by atoms with E-state index in [1.807, 2.05) is 24.3 Å². The fourth-order valence-electron chi connectivity index (χ4n) is 1.89. The van der Waals surface area contributed by atoms with Crippen molar-refractivity contribution in [2.24, 2.45) is 0 Å². The highest BCUT2D eigenvalue weighted by Crippen LogP contribution is 2.28. The van der Waals surface area contributed by atoms with E-state index in [1.165, 1.54) is 6.20 Å². The summed E-state index contributed by atoms with van der Waals surface area (Å²) in [4.78, 5) is 7.97. The molecule has 0 aromatic carbocycles. The molecule has 0 spiro atoms. The summed E-state index contributed by atoms with van der Waals surface area (Å²) in [7, 11) is 0. The number of nitrogens with zero attached hydrogens (tertiary/aromatic N) is 2. The lowest BCUT2D eigenvalue weighted by molar-refractivity contribution is 0.599. The summed E-state index contributed by atoms with van der Waals surface area (Å²) in [5, 5.41) is 3.19. The topological polar surface area (TPSA) is 37.8 Å². The first-order chi connectivity index (χ1) is 8.34. The molecule has 1 unspecified atom stereocenters. The van der Waals surface area contributed by atoms with E-state index in [4.69, 9.17) is 0 Å². The molecule has 0 radical (unpaired) electrons. The van der Waals surface area contributed by atoms with Crippen LogP contribution in [0.4, 0.5) is 10.2 Å². The number of halogens is 1. The van der Waals surface area contributed by atoms with Crippen LogP contribution in [0.3, 0.4) is 0 Å². The van der Waals surface area contributed by atoms with Gasteiger partial charge in [-0.05, 0) is 18.2 Å². The lowest BCUT2D eigenvalue weighted by atomic mass is 10.0. The van der Waals surface area contributed by atoms with Gasteiger partial charge in [0, 0.05) is 23.5 Å². The van der Waals surface area contributed by atoms with Crippen LogP contribution < -0.4 is 5.32 Å². The number of anilines is 1. The first-order valence-electron chi connectivity index (χ1n) is 5.34. The quantitative estimate of drug-likeness (QED) is 0.814. The number of fused-ring (bicyclic) bond motifs is 1. The van der Waals surface area contributed by atoms with Gasteiger partial charge in [0.1, 0.15) is 11.6 Å². The predicted octanol–water partition coefficient (Wildman–Crippen LogP) is 2.80. The molecule has 84 valence electrons. The maximum atomic E-state index is 13.6. The Kier molecular flexibility index (Phi) is 2.33. The van der Waals surface area contributed by atoms with Crippen molar-refractivity contribution in [2.45, 2.75) is 6.04 Å². The van der Waals surface area contributed by atoms with Crippen LogP contribution in [0.5, 0.6) is 0 Å². The second kappa shape index (κ2) is 3.97. The fraction of sp³-hybridized carbons (Fsp3) is 0.0769. The second-order valence-electron chi connectivity index (χ2n) is 3.82. The molecule has 1 N–H and O–H groups in total. The van der Waals surface area contributed by atoms with Gasteiger partial charge in [-0.2, -0.15) is 0 Å².